The van der Waals surface area contributed by atoms with Gasteiger partial charge in [-0.1, -0.05) is 0 Å². The monoisotopic (exact) mass is 130 g/mol. The minimum atomic E-state index is 0.243. The van der Waals surface area contributed by atoms with E-state index in [1.807, 2.05) is 0 Å². The van der Waals surface area contributed by atoms with Gasteiger partial charge in [-0.3, -0.25) is 0 Å². The molecule has 1 saturated heterocycles. The molecule has 0 radical (unpaired) electrons. The molecule has 0 bridgehead atoms. The second-order valence-corrected chi connectivity index (χ2v) is 2.53. The molecule has 0 aliphatic carbocycles. The van der Waals surface area contributed by atoms with Crippen LogP contribution in [0.15, 0.2) is 0 Å². The second-order valence-electron chi connectivity index (χ2n) is 2.53. The van der Waals surface area contributed by atoms with E-state index in [0.29, 0.717) is 13.2 Å². The molecule has 0 aromatic rings. The van der Waals surface area contributed by atoms with E-state index >= 15 is 0 Å². The highest BCUT2D eigenvalue weighted by Gasteiger charge is 2.16. The van der Waals surface area contributed by atoms with Crippen LogP contribution in [0.3, 0.4) is 0 Å². The summed E-state index contributed by atoms with van der Waals surface area (Å²) in [7, 11) is 0. The maximum atomic E-state index is 5.59. The predicted molar refractivity (Wildman–Crippen MR) is 36.0 cm³/mol. The third-order valence-corrected chi connectivity index (χ3v) is 1.67. The fourth-order valence-electron chi connectivity index (χ4n) is 1.01. The molecule has 0 saturated carbocycles. The summed E-state index contributed by atoms with van der Waals surface area (Å²) in [6.07, 6.45) is 2.35. The van der Waals surface area contributed by atoms with Crippen LogP contribution in [-0.4, -0.2) is 25.3 Å². The molecule has 1 aliphatic heterocycles. The SMILES string of the molecule is NCC1CCC(N)CO1. The van der Waals surface area contributed by atoms with E-state index in [4.69, 9.17) is 16.2 Å². The molecule has 1 fully saturated rings. The Bertz CT molecular complexity index is 79.1. The normalized spacial score (nSPS) is 36.7. The van der Waals surface area contributed by atoms with Crippen molar-refractivity contribution in [3.63, 3.8) is 0 Å². The highest BCUT2D eigenvalue weighted by molar-refractivity contribution is 4.71. The molecule has 54 valence electrons. The summed E-state index contributed by atoms with van der Waals surface area (Å²) in [6, 6.07) is 0.243. The molecule has 3 nitrogen and oxygen atoms in total. The van der Waals surface area contributed by atoms with E-state index in [1.165, 1.54) is 0 Å². The zero-order chi connectivity index (χ0) is 6.69. The molecule has 2 unspecified atom stereocenters. The molecule has 0 spiro atoms. The Hall–Kier alpha value is -0.120. The molecule has 2 atom stereocenters. The average Bonchev–Trinajstić information content (AvgIpc) is 1.90. The highest BCUT2D eigenvalue weighted by Crippen LogP contribution is 2.10. The molecule has 9 heavy (non-hydrogen) atoms. The quantitative estimate of drug-likeness (QED) is 0.500. The van der Waals surface area contributed by atoms with Crippen molar-refractivity contribution in [2.75, 3.05) is 13.2 Å². The van der Waals surface area contributed by atoms with Crippen LogP contribution in [0.2, 0.25) is 0 Å². The zero-order valence-electron chi connectivity index (χ0n) is 5.55. The smallest absolute Gasteiger partial charge is 0.0698 e. The van der Waals surface area contributed by atoms with Gasteiger partial charge in [0.2, 0.25) is 0 Å². The van der Waals surface area contributed by atoms with E-state index < -0.39 is 0 Å². The lowest BCUT2D eigenvalue weighted by Crippen LogP contribution is -2.38. The van der Waals surface area contributed by atoms with Gasteiger partial charge in [0.15, 0.2) is 0 Å². The molecular weight excluding hydrogens is 116 g/mol. The molecule has 4 N–H and O–H groups in total. The zero-order valence-corrected chi connectivity index (χ0v) is 5.55. The standard InChI is InChI=1S/C6H14N2O/c7-3-6-2-1-5(8)4-9-6/h5-6H,1-4,7-8H2. The van der Waals surface area contributed by atoms with Crippen molar-refractivity contribution in [1.29, 1.82) is 0 Å². The second kappa shape index (κ2) is 3.15. The fraction of sp³-hybridized carbons (Fsp3) is 1.00. The van der Waals surface area contributed by atoms with E-state index in [9.17, 15) is 0 Å². The Morgan fingerprint density at radius 2 is 2.22 bits per heavy atom. The largest absolute Gasteiger partial charge is 0.375 e. The molecule has 3 heteroatoms. The van der Waals surface area contributed by atoms with E-state index in [2.05, 4.69) is 0 Å². The first-order valence-corrected chi connectivity index (χ1v) is 3.40. The molecular formula is C6H14N2O. The first-order valence-electron chi connectivity index (χ1n) is 3.40. The lowest BCUT2D eigenvalue weighted by molar-refractivity contribution is 0.0113. The first kappa shape index (κ1) is 6.99. The lowest BCUT2D eigenvalue weighted by Gasteiger charge is -2.25. The third kappa shape index (κ3) is 1.93. The summed E-state index contributed by atoms with van der Waals surface area (Å²) in [4.78, 5) is 0. The minimum absolute atomic E-state index is 0.243. The summed E-state index contributed by atoms with van der Waals surface area (Å²) in [5.74, 6) is 0. The van der Waals surface area contributed by atoms with Gasteiger partial charge in [-0.15, -0.1) is 0 Å². The minimum Gasteiger partial charge on any atom is -0.375 e. The van der Waals surface area contributed by atoms with Gasteiger partial charge < -0.3 is 16.2 Å². The third-order valence-electron chi connectivity index (χ3n) is 1.67. The molecule has 1 heterocycles. The number of hydrogen-bond acceptors (Lipinski definition) is 3. The number of hydrogen-bond donors (Lipinski definition) is 2. The average molecular weight is 130 g/mol. The molecule has 0 aromatic carbocycles. The van der Waals surface area contributed by atoms with Crippen molar-refractivity contribution in [3.05, 3.63) is 0 Å². The van der Waals surface area contributed by atoms with Crippen molar-refractivity contribution in [2.24, 2.45) is 11.5 Å². The van der Waals surface area contributed by atoms with Gasteiger partial charge in [-0.05, 0) is 12.8 Å². The summed E-state index contributed by atoms with van der Waals surface area (Å²) in [5, 5.41) is 0. The van der Waals surface area contributed by atoms with E-state index in [-0.39, 0.29) is 12.1 Å². The van der Waals surface area contributed by atoms with Crippen LogP contribution in [-0.2, 0) is 4.74 Å². The Kier molecular flexibility index (Phi) is 2.45. The molecule has 1 rings (SSSR count). The van der Waals surface area contributed by atoms with Crippen LogP contribution in [0.1, 0.15) is 12.8 Å². The van der Waals surface area contributed by atoms with Crippen molar-refractivity contribution in [2.45, 2.75) is 25.0 Å². The van der Waals surface area contributed by atoms with Crippen molar-refractivity contribution < 1.29 is 4.74 Å². The van der Waals surface area contributed by atoms with E-state index in [0.717, 1.165) is 12.8 Å². The van der Waals surface area contributed by atoms with Crippen LogP contribution < -0.4 is 11.5 Å². The number of rotatable bonds is 1. The van der Waals surface area contributed by atoms with Crippen LogP contribution in [0.25, 0.3) is 0 Å². The Morgan fingerprint density at radius 1 is 1.44 bits per heavy atom. The molecule has 0 aromatic heterocycles. The van der Waals surface area contributed by atoms with Gasteiger partial charge in [0.25, 0.3) is 0 Å². The number of nitrogens with two attached hydrogens (primary N) is 2. The predicted octanol–water partition coefficient (Wildman–Crippen LogP) is -0.549. The summed E-state index contributed by atoms with van der Waals surface area (Å²) in [6.45, 7) is 1.31. The van der Waals surface area contributed by atoms with Gasteiger partial charge in [0.1, 0.15) is 0 Å². The maximum absolute atomic E-state index is 5.59. The Balaban J connectivity index is 2.18. The first-order chi connectivity index (χ1) is 4.33. The summed E-state index contributed by atoms with van der Waals surface area (Å²) < 4.78 is 5.29. The van der Waals surface area contributed by atoms with Crippen molar-refractivity contribution >= 4 is 0 Å². The van der Waals surface area contributed by atoms with Gasteiger partial charge in [0, 0.05) is 12.6 Å². The number of ether oxygens (including phenoxy) is 1. The van der Waals surface area contributed by atoms with Gasteiger partial charge in [0.05, 0.1) is 12.7 Å². The summed E-state index contributed by atoms with van der Waals surface area (Å²) >= 11 is 0. The van der Waals surface area contributed by atoms with Gasteiger partial charge in [-0.25, -0.2) is 0 Å². The van der Waals surface area contributed by atoms with Crippen LogP contribution in [0.4, 0.5) is 0 Å². The van der Waals surface area contributed by atoms with Crippen molar-refractivity contribution in [3.8, 4) is 0 Å². The van der Waals surface area contributed by atoms with Crippen molar-refractivity contribution in [1.82, 2.24) is 0 Å². The Morgan fingerprint density at radius 3 is 2.67 bits per heavy atom. The maximum Gasteiger partial charge on any atom is 0.0698 e. The van der Waals surface area contributed by atoms with Crippen LogP contribution in [0, 0.1) is 0 Å². The van der Waals surface area contributed by atoms with Gasteiger partial charge in [-0.2, -0.15) is 0 Å². The molecule has 0 amide bonds. The van der Waals surface area contributed by atoms with Crippen LogP contribution >= 0.6 is 0 Å². The van der Waals surface area contributed by atoms with E-state index in [1.54, 1.807) is 0 Å². The highest BCUT2D eigenvalue weighted by atomic mass is 16.5. The summed E-state index contributed by atoms with van der Waals surface area (Å²) in [5.41, 5.74) is 11.0. The topological polar surface area (TPSA) is 61.3 Å². The van der Waals surface area contributed by atoms with Gasteiger partial charge >= 0.3 is 0 Å². The molecule has 1 aliphatic rings. The fourth-order valence-corrected chi connectivity index (χ4v) is 1.01. The van der Waals surface area contributed by atoms with Crippen LogP contribution in [0.5, 0.6) is 0 Å². The lowest BCUT2D eigenvalue weighted by atomic mass is 10.1. The Labute approximate surface area is 55.4 Å².